The predicted molar refractivity (Wildman–Crippen MR) is 92.9 cm³/mol. The van der Waals surface area contributed by atoms with Gasteiger partial charge in [-0.15, -0.1) is 0 Å². The van der Waals surface area contributed by atoms with Gasteiger partial charge in [0.2, 0.25) is 5.95 Å². The molecule has 0 aliphatic carbocycles. The number of imidazole rings is 1. The minimum absolute atomic E-state index is 0.360. The summed E-state index contributed by atoms with van der Waals surface area (Å²) in [5, 5.41) is 0.631. The molecule has 2 aromatic heterocycles. The van der Waals surface area contributed by atoms with E-state index in [1.165, 1.54) is 11.6 Å². The SMILES string of the molecule is C/C(Cl)=C/Cn1c(N2CCOCC2)nc2c1c(=O)n(C)c(=O)n2C. The van der Waals surface area contributed by atoms with Crippen LogP contribution in [0.5, 0.6) is 0 Å². The van der Waals surface area contributed by atoms with Gasteiger partial charge in [0.25, 0.3) is 5.56 Å². The number of nitrogens with zero attached hydrogens (tertiary/aromatic N) is 5. The molecule has 0 N–H and O–H groups in total. The summed E-state index contributed by atoms with van der Waals surface area (Å²) in [6.07, 6.45) is 1.82. The second-order valence-corrected chi connectivity index (χ2v) is 6.39. The van der Waals surface area contributed by atoms with Crippen molar-refractivity contribution in [1.82, 2.24) is 18.7 Å². The average Bonchev–Trinajstić information content (AvgIpc) is 2.96. The molecule has 0 radical (unpaired) electrons. The Morgan fingerprint density at radius 1 is 1.25 bits per heavy atom. The highest BCUT2D eigenvalue weighted by molar-refractivity contribution is 6.29. The quantitative estimate of drug-likeness (QED) is 0.799. The van der Waals surface area contributed by atoms with Gasteiger partial charge in [0.15, 0.2) is 11.2 Å². The lowest BCUT2D eigenvalue weighted by Crippen LogP contribution is -2.38. The smallest absolute Gasteiger partial charge is 0.332 e. The van der Waals surface area contributed by atoms with Crippen LogP contribution in [0.1, 0.15) is 6.92 Å². The zero-order valence-electron chi connectivity index (χ0n) is 14.0. The largest absolute Gasteiger partial charge is 0.378 e. The molecule has 1 aliphatic rings. The molecule has 0 unspecified atom stereocenters. The van der Waals surface area contributed by atoms with Gasteiger partial charge in [-0.1, -0.05) is 17.7 Å². The van der Waals surface area contributed by atoms with Crippen molar-refractivity contribution < 1.29 is 4.74 Å². The van der Waals surface area contributed by atoms with Crippen molar-refractivity contribution in [2.75, 3.05) is 31.2 Å². The molecule has 0 amide bonds. The number of aromatic nitrogens is 4. The summed E-state index contributed by atoms with van der Waals surface area (Å²) in [5.74, 6) is 0.653. The summed E-state index contributed by atoms with van der Waals surface area (Å²) in [7, 11) is 3.09. The number of ether oxygens (including phenoxy) is 1. The molecule has 9 heteroatoms. The molecule has 130 valence electrons. The molecule has 0 spiro atoms. The van der Waals surface area contributed by atoms with E-state index in [-0.39, 0.29) is 5.56 Å². The number of hydrogen-bond acceptors (Lipinski definition) is 5. The maximum absolute atomic E-state index is 12.7. The third kappa shape index (κ3) is 2.76. The molecule has 0 saturated carbocycles. The number of allylic oxidation sites excluding steroid dienone is 2. The van der Waals surface area contributed by atoms with Crippen molar-refractivity contribution in [3.63, 3.8) is 0 Å². The molecular formula is C15H20ClN5O3. The second kappa shape index (κ2) is 6.45. The van der Waals surface area contributed by atoms with Gasteiger partial charge in [0.1, 0.15) is 0 Å². The van der Waals surface area contributed by atoms with Crippen molar-refractivity contribution >= 4 is 28.7 Å². The molecular weight excluding hydrogens is 334 g/mol. The lowest BCUT2D eigenvalue weighted by Gasteiger charge is -2.28. The number of rotatable bonds is 3. The summed E-state index contributed by atoms with van der Waals surface area (Å²) < 4.78 is 9.70. The second-order valence-electron chi connectivity index (χ2n) is 5.79. The van der Waals surface area contributed by atoms with Crippen LogP contribution in [0, 0.1) is 0 Å². The van der Waals surface area contributed by atoms with Crippen LogP contribution >= 0.6 is 11.6 Å². The van der Waals surface area contributed by atoms with E-state index in [4.69, 9.17) is 16.3 Å². The fraction of sp³-hybridized carbons (Fsp3) is 0.533. The lowest BCUT2D eigenvalue weighted by atomic mass is 10.4. The number of morpholine rings is 1. The van der Waals surface area contributed by atoms with Crippen LogP contribution in [0.15, 0.2) is 20.7 Å². The van der Waals surface area contributed by atoms with Crippen LogP contribution in [0.2, 0.25) is 0 Å². The zero-order valence-corrected chi connectivity index (χ0v) is 14.7. The average molecular weight is 354 g/mol. The highest BCUT2D eigenvalue weighted by Gasteiger charge is 2.23. The number of anilines is 1. The Morgan fingerprint density at radius 3 is 2.54 bits per heavy atom. The standard InChI is InChI=1S/C15H20ClN5O3/c1-10(16)4-5-21-11-12(18(2)15(23)19(3)13(11)22)17-14(21)20-6-8-24-9-7-20/h4H,5-9H2,1-3H3/b10-4-. The molecule has 3 heterocycles. The van der Waals surface area contributed by atoms with E-state index >= 15 is 0 Å². The summed E-state index contributed by atoms with van der Waals surface area (Å²) in [6.45, 7) is 4.76. The van der Waals surface area contributed by atoms with E-state index in [9.17, 15) is 9.59 Å². The maximum atomic E-state index is 12.7. The third-order valence-corrected chi connectivity index (χ3v) is 4.33. The maximum Gasteiger partial charge on any atom is 0.332 e. The summed E-state index contributed by atoms with van der Waals surface area (Å²) >= 11 is 5.97. The van der Waals surface area contributed by atoms with E-state index in [1.807, 2.05) is 10.6 Å². The predicted octanol–water partition coefficient (Wildman–Crippen LogP) is 0.413. The van der Waals surface area contributed by atoms with Gasteiger partial charge >= 0.3 is 5.69 Å². The Labute approximate surface area is 143 Å². The number of aryl methyl sites for hydroxylation is 1. The first-order chi connectivity index (χ1) is 11.4. The molecule has 8 nitrogen and oxygen atoms in total. The van der Waals surface area contributed by atoms with Gasteiger partial charge in [0, 0.05) is 38.8 Å². The fourth-order valence-corrected chi connectivity index (χ4v) is 2.90. The highest BCUT2D eigenvalue weighted by atomic mass is 35.5. The molecule has 1 aliphatic heterocycles. The van der Waals surface area contributed by atoms with E-state index in [0.717, 1.165) is 4.57 Å². The molecule has 0 atom stereocenters. The Hall–Kier alpha value is -2.06. The van der Waals surface area contributed by atoms with Crippen LogP contribution in [0.25, 0.3) is 11.2 Å². The Balaban J connectivity index is 2.30. The topological polar surface area (TPSA) is 74.3 Å². The van der Waals surface area contributed by atoms with Crippen molar-refractivity contribution in [3.8, 4) is 0 Å². The Morgan fingerprint density at radius 2 is 1.92 bits per heavy atom. The van der Waals surface area contributed by atoms with Crippen LogP contribution < -0.4 is 16.1 Å². The van der Waals surface area contributed by atoms with Gasteiger partial charge in [-0.05, 0) is 6.92 Å². The van der Waals surface area contributed by atoms with Gasteiger partial charge < -0.3 is 14.2 Å². The number of halogens is 1. The highest BCUT2D eigenvalue weighted by Crippen LogP contribution is 2.21. The van der Waals surface area contributed by atoms with Crippen LogP contribution in [-0.2, 0) is 25.4 Å². The normalized spacial score (nSPS) is 16.2. The monoisotopic (exact) mass is 353 g/mol. The molecule has 3 rings (SSSR count). The first-order valence-electron chi connectivity index (χ1n) is 7.73. The first kappa shape index (κ1) is 16.8. The molecule has 0 bridgehead atoms. The van der Waals surface area contributed by atoms with Crippen molar-refractivity contribution in [2.45, 2.75) is 13.5 Å². The van der Waals surface area contributed by atoms with Crippen molar-refractivity contribution in [2.24, 2.45) is 14.1 Å². The summed E-state index contributed by atoms with van der Waals surface area (Å²) in [4.78, 5) is 31.5. The summed E-state index contributed by atoms with van der Waals surface area (Å²) in [6, 6.07) is 0. The van der Waals surface area contributed by atoms with Gasteiger partial charge in [0.05, 0.1) is 13.2 Å². The van der Waals surface area contributed by atoms with E-state index < -0.39 is 5.69 Å². The summed E-state index contributed by atoms with van der Waals surface area (Å²) in [5.41, 5.74) is 0.0240. The third-order valence-electron chi connectivity index (χ3n) is 4.18. The number of hydrogen-bond donors (Lipinski definition) is 0. The van der Waals surface area contributed by atoms with Crippen LogP contribution in [-0.4, -0.2) is 45.0 Å². The molecule has 2 aromatic rings. The Bertz CT molecular complexity index is 914. The van der Waals surface area contributed by atoms with E-state index in [1.54, 1.807) is 14.0 Å². The van der Waals surface area contributed by atoms with Gasteiger partial charge in [-0.2, -0.15) is 4.98 Å². The minimum Gasteiger partial charge on any atom is -0.378 e. The van der Waals surface area contributed by atoms with Crippen molar-refractivity contribution in [3.05, 3.63) is 31.9 Å². The molecule has 1 fully saturated rings. The fourth-order valence-electron chi connectivity index (χ4n) is 2.83. The molecule has 0 aromatic carbocycles. The Kier molecular flexibility index (Phi) is 4.51. The van der Waals surface area contributed by atoms with Crippen LogP contribution in [0.4, 0.5) is 5.95 Å². The van der Waals surface area contributed by atoms with Crippen LogP contribution in [0.3, 0.4) is 0 Å². The lowest BCUT2D eigenvalue weighted by molar-refractivity contribution is 0.121. The molecule has 24 heavy (non-hydrogen) atoms. The number of fused-ring (bicyclic) bond motifs is 1. The van der Waals surface area contributed by atoms with E-state index in [0.29, 0.717) is 55.0 Å². The molecule has 1 saturated heterocycles. The first-order valence-corrected chi connectivity index (χ1v) is 8.11. The van der Waals surface area contributed by atoms with Gasteiger partial charge in [-0.3, -0.25) is 13.9 Å². The van der Waals surface area contributed by atoms with Crippen molar-refractivity contribution in [1.29, 1.82) is 0 Å². The van der Waals surface area contributed by atoms with Gasteiger partial charge in [-0.25, -0.2) is 4.79 Å². The van der Waals surface area contributed by atoms with E-state index in [2.05, 4.69) is 9.88 Å². The minimum atomic E-state index is -0.394. The zero-order chi connectivity index (χ0) is 17.4.